The first-order valence-electron chi connectivity index (χ1n) is 6.12. The number of rotatable bonds is 3. The molecule has 1 N–H and O–H groups in total. The van der Waals surface area contributed by atoms with Gasteiger partial charge >= 0.3 is 5.97 Å². The van der Waals surface area contributed by atoms with E-state index in [0.29, 0.717) is 6.54 Å². The molecule has 2 unspecified atom stereocenters. The minimum atomic E-state index is -0.224. The van der Waals surface area contributed by atoms with E-state index in [-0.39, 0.29) is 29.6 Å². The molecule has 1 aliphatic rings. The predicted octanol–water partition coefficient (Wildman–Crippen LogP) is 1.73. The molecule has 1 rings (SSSR count). The summed E-state index contributed by atoms with van der Waals surface area (Å²) in [6.07, 6.45) is 1.41. The van der Waals surface area contributed by atoms with E-state index in [2.05, 4.69) is 37.8 Å². The lowest BCUT2D eigenvalue weighted by molar-refractivity contribution is -0.151. The van der Waals surface area contributed by atoms with Gasteiger partial charge in [-0.15, -0.1) is 0 Å². The molecule has 0 saturated carbocycles. The second-order valence-electron chi connectivity index (χ2n) is 5.68. The van der Waals surface area contributed by atoms with Crippen molar-refractivity contribution in [2.24, 2.45) is 5.92 Å². The van der Waals surface area contributed by atoms with E-state index < -0.39 is 0 Å². The highest BCUT2D eigenvalue weighted by molar-refractivity contribution is 5.74. The Morgan fingerprint density at radius 1 is 1.59 bits per heavy atom. The van der Waals surface area contributed by atoms with Crippen molar-refractivity contribution in [2.75, 3.05) is 6.54 Å². The van der Waals surface area contributed by atoms with E-state index in [9.17, 15) is 4.79 Å². The van der Waals surface area contributed by atoms with Crippen LogP contribution in [0.4, 0.5) is 0 Å². The van der Waals surface area contributed by atoms with Gasteiger partial charge in [-0.25, -0.2) is 5.01 Å². The van der Waals surface area contributed by atoms with Crippen molar-refractivity contribution in [3.8, 4) is 0 Å². The minimum Gasteiger partial charge on any atom is -0.458 e. The van der Waals surface area contributed by atoms with Gasteiger partial charge in [-0.3, -0.25) is 10.2 Å². The summed E-state index contributed by atoms with van der Waals surface area (Å²) in [5.74, 6) is -0.263. The summed E-state index contributed by atoms with van der Waals surface area (Å²) < 4.78 is 5.29. The van der Waals surface area contributed by atoms with Gasteiger partial charge in [0.2, 0.25) is 0 Å². The first-order chi connectivity index (χ1) is 7.75. The zero-order valence-electron chi connectivity index (χ0n) is 11.5. The van der Waals surface area contributed by atoms with Crippen molar-refractivity contribution < 1.29 is 9.53 Å². The zero-order chi connectivity index (χ0) is 13.2. The van der Waals surface area contributed by atoms with E-state index >= 15 is 0 Å². The Balaban J connectivity index is 2.61. The van der Waals surface area contributed by atoms with Crippen molar-refractivity contribution in [3.05, 3.63) is 12.7 Å². The lowest BCUT2D eigenvalue weighted by atomic mass is 10.0. The number of esters is 1. The fourth-order valence-electron chi connectivity index (χ4n) is 1.81. The number of carbonyl (C=O) groups is 1. The lowest BCUT2D eigenvalue weighted by Crippen LogP contribution is -2.47. The van der Waals surface area contributed by atoms with E-state index in [1.54, 1.807) is 6.08 Å². The summed E-state index contributed by atoms with van der Waals surface area (Å²) in [6, 6.07) is 0.110. The molecule has 0 aliphatic carbocycles. The molecule has 1 saturated heterocycles. The molecule has 0 spiro atoms. The summed E-state index contributed by atoms with van der Waals surface area (Å²) in [5.41, 5.74) is 3.33. The van der Waals surface area contributed by atoms with Crippen LogP contribution in [0.5, 0.6) is 0 Å². The molecular formula is C13H24N2O2. The lowest BCUT2D eigenvalue weighted by Gasteiger charge is -2.31. The molecule has 4 nitrogen and oxygen atoms in total. The van der Waals surface area contributed by atoms with Crippen LogP contribution in [0.3, 0.4) is 0 Å². The molecule has 0 aromatic heterocycles. The van der Waals surface area contributed by atoms with E-state index in [1.807, 2.05) is 13.8 Å². The van der Waals surface area contributed by atoms with Crippen molar-refractivity contribution in [1.29, 1.82) is 0 Å². The van der Waals surface area contributed by atoms with Gasteiger partial charge in [0.05, 0.1) is 5.92 Å². The van der Waals surface area contributed by atoms with Crippen LogP contribution in [0.2, 0.25) is 0 Å². The molecule has 4 heteroatoms. The molecule has 1 heterocycles. The van der Waals surface area contributed by atoms with Crippen molar-refractivity contribution in [2.45, 2.75) is 52.3 Å². The van der Waals surface area contributed by atoms with Crippen LogP contribution < -0.4 is 5.43 Å². The van der Waals surface area contributed by atoms with Crippen LogP contribution >= 0.6 is 0 Å². The van der Waals surface area contributed by atoms with Crippen LogP contribution in [-0.2, 0) is 9.53 Å². The van der Waals surface area contributed by atoms with Crippen LogP contribution in [0.25, 0.3) is 0 Å². The molecule has 1 aliphatic heterocycles. The first-order valence-corrected chi connectivity index (χ1v) is 6.12. The highest BCUT2D eigenvalue weighted by atomic mass is 16.5. The number of carbonyl (C=O) groups excluding carboxylic acids is 1. The van der Waals surface area contributed by atoms with E-state index in [4.69, 9.17) is 4.74 Å². The van der Waals surface area contributed by atoms with Crippen LogP contribution in [-0.4, -0.2) is 35.2 Å². The van der Waals surface area contributed by atoms with Crippen LogP contribution in [0, 0.1) is 5.92 Å². The zero-order valence-corrected chi connectivity index (χ0v) is 11.5. The number of ether oxygens (including phenoxy) is 1. The fourth-order valence-corrected chi connectivity index (χ4v) is 1.81. The largest absolute Gasteiger partial charge is 0.458 e. The second-order valence-corrected chi connectivity index (χ2v) is 5.68. The summed E-state index contributed by atoms with van der Waals surface area (Å²) in [7, 11) is 0. The molecule has 98 valence electrons. The second kappa shape index (κ2) is 5.19. The van der Waals surface area contributed by atoms with Crippen molar-refractivity contribution in [3.63, 3.8) is 0 Å². The normalized spacial score (nSPS) is 27.8. The van der Waals surface area contributed by atoms with Gasteiger partial charge in [-0.1, -0.05) is 12.7 Å². The Labute approximate surface area is 104 Å². The topological polar surface area (TPSA) is 41.6 Å². The van der Waals surface area contributed by atoms with Crippen molar-refractivity contribution >= 4 is 5.97 Å². The molecule has 0 aromatic carbocycles. The third-order valence-electron chi connectivity index (χ3n) is 3.09. The number of nitrogens with one attached hydrogen (secondary N) is 1. The summed E-state index contributed by atoms with van der Waals surface area (Å²) in [6.45, 7) is 14.5. The van der Waals surface area contributed by atoms with Gasteiger partial charge < -0.3 is 4.74 Å². The van der Waals surface area contributed by atoms with Gasteiger partial charge in [0.15, 0.2) is 0 Å². The van der Waals surface area contributed by atoms with Crippen LogP contribution in [0.15, 0.2) is 12.7 Å². The molecule has 0 amide bonds. The molecule has 3 atom stereocenters. The maximum Gasteiger partial charge on any atom is 0.312 e. The Kier molecular flexibility index (Phi) is 4.33. The monoisotopic (exact) mass is 240 g/mol. The highest BCUT2D eigenvalue weighted by Crippen LogP contribution is 2.23. The Morgan fingerprint density at radius 3 is 2.59 bits per heavy atom. The Bertz CT molecular complexity index is 296. The predicted molar refractivity (Wildman–Crippen MR) is 68.3 cm³/mol. The maximum absolute atomic E-state index is 12.0. The minimum absolute atomic E-state index is 0.00728. The highest BCUT2D eigenvalue weighted by Gasteiger charge is 2.39. The standard InChI is InChI=1S/C13H24N2O2/c1-7-9(2)17-12(16)11-8-15(13(4,5)6)14-10(11)3/h7,9-11,14H,1,8H2,2-6H3/t9-,10?,11?/m0/s1. The number of hydrogen-bond donors (Lipinski definition) is 1. The summed E-state index contributed by atoms with van der Waals surface area (Å²) in [5, 5.41) is 2.10. The molecule has 0 bridgehead atoms. The molecule has 1 fully saturated rings. The smallest absolute Gasteiger partial charge is 0.312 e. The maximum atomic E-state index is 12.0. The quantitative estimate of drug-likeness (QED) is 0.602. The summed E-state index contributed by atoms with van der Waals surface area (Å²) in [4.78, 5) is 12.0. The average molecular weight is 240 g/mol. The van der Waals surface area contributed by atoms with E-state index in [1.165, 1.54) is 0 Å². The molecule has 0 aromatic rings. The van der Waals surface area contributed by atoms with Gasteiger partial charge in [0.1, 0.15) is 6.10 Å². The van der Waals surface area contributed by atoms with Crippen molar-refractivity contribution in [1.82, 2.24) is 10.4 Å². The van der Waals surface area contributed by atoms with Crippen LogP contribution in [0.1, 0.15) is 34.6 Å². The van der Waals surface area contributed by atoms with Gasteiger partial charge in [0, 0.05) is 18.1 Å². The third-order valence-corrected chi connectivity index (χ3v) is 3.09. The number of nitrogens with zero attached hydrogens (tertiary/aromatic N) is 1. The first kappa shape index (κ1) is 14.2. The molecular weight excluding hydrogens is 216 g/mol. The SMILES string of the molecule is C=C[C@H](C)OC(=O)C1CN(C(C)(C)C)NC1C. The summed E-state index contributed by atoms with van der Waals surface area (Å²) >= 11 is 0. The molecule has 17 heavy (non-hydrogen) atoms. The van der Waals surface area contributed by atoms with Gasteiger partial charge in [-0.2, -0.15) is 0 Å². The Morgan fingerprint density at radius 2 is 2.18 bits per heavy atom. The van der Waals surface area contributed by atoms with Gasteiger partial charge in [0.25, 0.3) is 0 Å². The third kappa shape index (κ3) is 3.54. The van der Waals surface area contributed by atoms with E-state index in [0.717, 1.165) is 0 Å². The Hall–Kier alpha value is -0.870. The van der Waals surface area contributed by atoms with Gasteiger partial charge in [-0.05, 0) is 34.6 Å². The molecule has 0 radical (unpaired) electrons. The fraction of sp³-hybridized carbons (Fsp3) is 0.769. The average Bonchev–Trinajstić information content (AvgIpc) is 2.59. The number of hydrogen-bond acceptors (Lipinski definition) is 4. The number of hydrazine groups is 1.